The molecule has 1 heterocycles. The van der Waals surface area contributed by atoms with Crippen molar-refractivity contribution in [1.82, 2.24) is 10.3 Å². The molecule has 0 saturated heterocycles. The number of rotatable bonds is 6. The molecule has 0 radical (unpaired) electrons. The number of hydrazine groups is 1. The van der Waals surface area contributed by atoms with Crippen LogP contribution in [0.5, 0.6) is 5.75 Å². The smallest absolute Gasteiger partial charge is 0.275 e. The van der Waals surface area contributed by atoms with E-state index in [1.807, 2.05) is 4.83 Å². The number of aryl methyl sites for hydroxylation is 1. The second kappa shape index (κ2) is 7.95. The van der Waals surface area contributed by atoms with E-state index in [2.05, 4.69) is 10.7 Å². The lowest BCUT2D eigenvalue weighted by atomic mass is 10.0. The molecule has 3 rings (SSSR count). The number of benzene rings is 2. The van der Waals surface area contributed by atoms with Crippen LogP contribution in [0.25, 0.3) is 0 Å². The van der Waals surface area contributed by atoms with E-state index in [9.17, 15) is 22.4 Å². The minimum absolute atomic E-state index is 0.0645. The number of ether oxygens (including phenoxy) is 1. The fourth-order valence-electron chi connectivity index (χ4n) is 2.59. The topological polar surface area (TPSA) is 114 Å². The Morgan fingerprint density at radius 3 is 2.71 bits per heavy atom. The zero-order valence-electron chi connectivity index (χ0n) is 14.9. The molecule has 2 amide bonds. The van der Waals surface area contributed by atoms with Crippen molar-refractivity contribution >= 4 is 27.5 Å². The van der Waals surface area contributed by atoms with Gasteiger partial charge in [-0.1, -0.05) is 12.1 Å². The van der Waals surface area contributed by atoms with Gasteiger partial charge >= 0.3 is 0 Å². The minimum Gasteiger partial charge on any atom is -0.478 e. The summed E-state index contributed by atoms with van der Waals surface area (Å²) in [6.45, 7) is 1.36. The first-order valence-corrected chi connectivity index (χ1v) is 9.90. The van der Waals surface area contributed by atoms with Crippen LogP contribution in [0, 0.1) is 5.82 Å². The van der Waals surface area contributed by atoms with Crippen molar-refractivity contribution in [2.75, 3.05) is 5.32 Å². The van der Waals surface area contributed by atoms with Crippen LogP contribution in [-0.4, -0.2) is 26.3 Å². The zero-order valence-corrected chi connectivity index (χ0v) is 15.7. The normalized spacial score (nSPS) is 14.6. The molecule has 10 heteroatoms. The van der Waals surface area contributed by atoms with Gasteiger partial charge in [0.1, 0.15) is 0 Å². The summed E-state index contributed by atoms with van der Waals surface area (Å²) in [6.07, 6.45) is -0.450. The molecule has 0 fully saturated rings. The fourth-order valence-corrected chi connectivity index (χ4v) is 3.49. The molecule has 1 aliphatic rings. The number of amides is 2. The predicted octanol–water partition coefficient (Wildman–Crippen LogP) is 1.49. The average molecular weight is 407 g/mol. The molecule has 0 bridgehead atoms. The number of nitrogens with one attached hydrogen (secondary N) is 3. The van der Waals surface area contributed by atoms with Gasteiger partial charge in [0.15, 0.2) is 17.7 Å². The highest BCUT2D eigenvalue weighted by atomic mass is 32.2. The highest BCUT2D eigenvalue weighted by Gasteiger charge is 2.22. The van der Waals surface area contributed by atoms with Gasteiger partial charge in [-0.25, -0.2) is 12.8 Å². The molecule has 0 unspecified atom stereocenters. The third-order valence-corrected chi connectivity index (χ3v) is 5.35. The lowest BCUT2D eigenvalue weighted by molar-refractivity contribution is -0.127. The highest BCUT2D eigenvalue weighted by molar-refractivity contribution is 7.89. The number of para-hydroxylation sites is 1. The van der Waals surface area contributed by atoms with Gasteiger partial charge in [0, 0.05) is 12.1 Å². The van der Waals surface area contributed by atoms with Crippen molar-refractivity contribution in [3.63, 3.8) is 0 Å². The lowest BCUT2D eigenvalue weighted by Crippen LogP contribution is -2.47. The van der Waals surface area contributed by atoms with Crippen molar-refractivity contribution in [1.29, 1.82) is 0 Å². The second-order valence-electron chi connectivity index (χ2n) is 6.15. The molecular weight excluding hydrogens is 389 g/mol. The third-order valence-electron chi connectivity index (χ3n) is 4.10. The van der Waals surface area contributed by atoms with Crippen LogP contribution in [-0.2, 0) is 26.0 Å². The largest absolute Gasteiger partial charge is 0.478 e. The summed E-state index contributed by atoms with van der Waals surface area (Å²) in [4.78, 5) is 25.4. The molecular formula is C18H18FN3O5S. The van der Waals surface area contributed by atoms with Crippen LogP contribution >= 0.6 is 0 Å². The first-order valence-electron chi connectivity index (χ1n) is 8.42. The Bertz CT molecular complexity index is 1030. The zero-order chi connectivity index (χ0) is 20.3. The summed E-state index contributed by atoms with van der Waals surface area (Å²) in [6, 6.07) is 9.80. The Kier molecular flexibility index (Phi) is 5.61. The summed E-state index contributed by atoms with van der Waals surface area (Å²) >= 11 is 0. The maximum Gasteiger partial charge on any atom is 0.275 e. The first-order chi connectivity index (χ1) is 13.3. The lowest BCUT2D eigenvalue weighted by Gasteiger charge is -2.18. The molecule has 0 aliphatic carbocycles. The van der Waals surface area contributed by atoms with E-state index in [0.29, 0.717) is 17.7 Å². The molecule has 0 saturated carbocycles. The maximum atomic E-state index is 13.6. The van der Waals surface area contributed by atoms with Gasteiger partial charge in [-0.2, -0.15) is 0 Å². The Hall–Kier alpha value is -2.98. The van der Waals surface area contributed by atoms with E-state index < -0.39 is 27.9 Å². The fraction of sp³-hybridized carbons (Fsp3) is 0.222. The number of hydrogen-bond acceptors (Lipinski definition) is 5. The molecule has 2 aromatic carbocycles. The molecule has 3 N–H and O–H groups in total. The molecule has 8 nitrogen and oxygen atoms in total. The van der Waals surface area contributed by atoms with Gasteiger partial charge in [0.05, 0.1) is 4.90 Å². The third kappa shape index (κ3) is 4.46. The number of carbonyl (C=O) groups excluding carboxylic acids is 2. The minimum atomic E-state index is -4.04. The van der Waals surface area contributed by atoms with E-state index in [-0.39, 0.29) is 23.0 Å². The van der Waals surface area contributed by atoms with Crippen LogP contribution in [0.3, 0.4) is 0 Å². The molecule has 1 atom stereocenters. The monoisotopic (exact) mass is 407 g/mol. The summed E-state index contributed by atoms with van der Waals surface area (Å²) in [5.41, 5.74) is 3.30. The average Bonchev–Trinajstić information content (AvgIpc) is 2.67. The molecule has 148 valence electrons. The number of anilines is 1. The predicted molar refractivity (Wildman–Crippen MR) is 98.3 cm³/mol. The van der Waals surface area contributed by atoms with Crippen molar-refractivity contribution in [2.24, 2.45) is 0 Å². The molecule has 28 heavy (non-hydrogen) atoms. The summed E-state index contributed by atoms with van der Waals surface area (Å²) < 4.78 is 43.6. The number of hydrogen-bond donors (Lipinski definition) is 3. The van der Waals surface area contributed by atoms with Gasteiger partial charge in [-0.15, -0.1) is 4.83 Å². The van der Waals surface area contributed by atoms with E-state index in [1.54, 1.807) is 6.07 Å². The van der Waals surface area contributed by atoms with Crippen LogP contribution in [0.4, 0.5) is 10.1 Å². The molecule has 0 spiro atoms. The van der Waals surface area contributed by atoms with Crippen molar-refractivity contribution in [3.8, 4) is 5.75 Å². The van der Waals surface area contributed by atoms with Gasteiger partial charge < -0.3 is 10.1 Å². The Balaban J connectivity index is 1.64. The van der Waals surface area contributed by atoms with Crippen molar-refractivity contribution in [3.05, 3.63) is 53.8 Å². The van der Waals surface area contributed by atoms with Crippen LogP contribution < -0.4 is 20.3 Å². The number of carbonyl (C=O) groups is 2. The van der Waals surface area contributed by atoms with E-state index in [1.165, 1.54) is 43.3 Å². The van der Waals surface area contributed by atoms with Gasteiger partial charge in [-0.05, 0) is 49.2 Å². The van der Waals surface area contributed by atoms with Gasteiger partial charge in [0.2, 0.25) is 5.91 Å². The van der Waals surface area contributed by atoms with Crippen LogP contribution in [0.1, 0.15) is 18.9 Å². The molecule has 0 aromatic heterocycles. The summed E-state index contributed by atoms with van der Waals surface area (Å²) in [5.74, 6) is -1.68. The van der Waals surface area contributed by atoms with Crippen molar-refractivity contribution in [2.45, 2.75) is 30.8 Å². The quantitative estimate of drug-likeness (QED) is 0.628. The van der Waals surface area contributed by atoms with E-state index in [4.69, 9.17) is 4.74 Å². The molecule has 1 aliphatic heterocycles. The van der Waals surface area contributed by atoms with Crippen LogP contribution in [0.2, 0.25) is 0 Å². The SMILES string of the molecule is C[C@@H](Oc1ccccc1F)C(=O)NNS(=O)(=O)c1ccc2c(c1)CCC(=O)N2. The van der Waals surface area contributed by atoms with Crippen molar-refractivity contribution < 1.29 is 27.1 Å². The maximum absolute atomic E-state index is 13.6. The number of halogens is 1. The summed E-state index contributed by atoms with van der Waals surface area (Å²) in [7, 11) is -4.04. The Morgan fingerprint density at radius 2 is 1.96 bits per heavy atom. The summed E-state index contributed by atoms with van der Waals surface area (Å²) in [5, 5.41) is 2.66. The first kappa shape index (κ1) is 19.8. The highest BCUT2D eigenvalue weighted by Crippen LogP contribution is 2.25. The van der Waals surface area contributed by atoms with E-state index in [0.717, 1.165) is 0 Å². The van der Waals surface area contributed by atoms with Gasteiger partial charge in [-0.3, -0.25) is 15.0 Å². The number of sulfonamides is 1. The van der Waals surface area contributed by atoms with Gasteiger partial charge in [0.25, 0.3) is 15.9 Å². The Labute approximate surface area is 161 Å². The standard InChI is InChI=1S/C18H18FN3O5S/c1-11(27-16-5-3-2-4-14(16)19)18(24)21-22-28(25,26)13-7-8-15-12(10-13)6-9-17(23)20-15/h2-5,7-8,10-11,22H,6,9H2,1H3,(H,20,23)(H,21,24)/t11-/m1/s1. The second-order valence-corrected chi connectivity index (χ2v) is 7.83. The molecule has 2 aromatic rings. The van der Waals surface area contributed by atoms with E-state index >= 15 is 0 Å². The Morgan fingerprint density at radius 1 is 1.21 bits per heavy atom. The number of fused-ring (bicyclic) bond motifs is 1. The van der Waals surface area contributed by atoms with Crippen LogP contribution in [0.15, 0.2) is 47.4 Å².